The molecule has 0 saturated heterocycles. The Bertz CT molecular complexity index is 252. The lowest BCUT2D eigenvalue weighted by molar-refractivity contribution is -0.0972. The van der Waals surface area contributed by atoms with Gasteiger partial charge in [-0.3, -0.25) is 0 Å². The fourth-order valence-corrected chi connectivity index (χ4v) is 3.52. The molecule has 1 rings (SSSR count). The molecule has 1 N–H and O–H groups in total. The van der Waals surface area contributed by atoms with E-state index in [4.69, 9.17) is 4.74 Å². The van der Waals surface area contributed by atoms with E-state index in [0.29, 0.717) is 17.6 Å². The molecular weight excluding hydrogens is 258 g/mol. The lowest BCUT2D eigenvalue weighted by atomic mass is 9.64. The first-order valence-electron chi connectivity index (χ1n) is 9.39. The third kappa shape index (κ3) is 6.69. The summed E-state index contributed by atoms with van der Waals surface area (Å²) < 4.78 is 5.50. The molecule has 2 unspecified atom stereocenters. The van der Waals surface area contributed by atoms with Crippen LogP contribution in [0.15, 0.2) is 0 Å². The molecule has 126 valence electrons. The Hall–Kier alpha value is -0.0800. The van der Waals surface area contributed by atoms with E-state index in [2.05, 4.69) is 26.1 Å². The van der Waals surface area contributed by atoms with Crippen LogP contribution >= 0.6 is 0 Å². The van der Waals surface area contributed by atoms with Crippen LogP contribution in [-0.4, -0.2) is 25.8 Å². The van der Waals surface area contributed by atoms with Crippen molar-refractivity contribution in [3.63, 3.8) is 0 Å². The monoisotopic (exact) mass is 297 g/mol. The minimum Gasteiger partial charge on any atom is -0.381 e. The van der Waals surface area contributed by atoms with Gasteiger partial charge >= 0.3 is 0 Å². The number of nitrogens with one attached hydrogen (secondary N) is 1. The van der Waals surface area contributed by atoms with Crippen molar-refractivity contribution < 1.29 is 4.74 Å². The van der Waals surface area contributed by atoms with Crippen molar-refractivity contribution in [1.82, 2.24) is 5.32 Å². The maximum absolute atomic E-state index is 5.50. The second kappa shape index (κ2) is 10.6. The van der Waals surface area contributed by atoms with E-state index in [1.807, 2.05) is 7.11 Å². The van der Waals surface area contributed by atoms with Crippen LogP contribution in [0.4, 0.5) is 0 Å². The van der Waals surface area contributed by atoms with Gasteiger partial charge in [0, 0.05) is 18.6 Å². The van der Waals surface area contributed by atoms with Crippen molar-refractivity contribution in [3.05, 3.63) is 0 Å². The maximum Gasteiger partial charge on any atom is 0.0652 e. The van der Waals surface area contributed by atoms with Crippen LogP contribution in [0.1, 0.15) is 91.4 Å². The number of unbranched alkanes of at least 4 members (excludes halogenated alkanes) is 9. The van der Waals surface area contributed by atoms with Gasteiger partial charge in [0.05, 0.1) is 6.10 Å². The Morgan fingerprint density at radius 3 is 1.90 bits per heavy atom. The molecule has 0 radical (unpaired) electrons. The molecule has 0 amide bonds. The third-order valence-corrected chi connectivity index (χ3v) is 5.38. The molecule has 2 atom stereocenters. The lowest BCUT2D eigenvalue weighted by Gasteiger charge is -2.51. The first-order chi connectivity index (χ1) is 10.1. The lowest BCUT2D eigenvalue weighted by Crippen LogP contribution is -2.60. The number of hydrogen-bond donors (Lipinski definition) is 1. The van der Waals surface area contributed by atoms with Gasteiger partial charge in [-0.15, -0.1) is 0 Å². The summed E-state index contributed by atoms with van der Waals surface area (Å²) in [6.45, 7) is 8.11. The van der Waals surface area contributed by atoms with Gasteiger partial charge in [0.25, 0.3) is 0 Å². The first kappa shape index (κ1) is 19.0. The maximum atomic E-state index is 5.50. The van der Waals surface area contributed by atoms with Gasteiger partial charge in [-0.1, -0.05) is 78.6 Å². The highest BCUT2D eigenvalue weighted by atomic mass is 16.5. The highest BCUT2D eigenvalue weighted by molar-refractivity contribution is 5.02. The Balaban J connectivity index is 1.83. The van der Waals surface area contributed by atoms with Crippen molar-refractivity contribution in [2.24, 2.45) is 5.41 Å². The van der Waals surface area contributed by atoms with Crippen LogP contribution < -0.4 is 5.32 Å². The minimum absolute atomic E-state index is 0.313. The number of hydrogen-bond acceptors (Lipinski definition) is 2. The fraction of sp³-hybridized carbons (Fsp3) is 1.00. The second-order valence-corrected chi connectivity index (χ2v) is 7.47. The topological polar surface area (TPSA) is 21.3 Å². The normalized spacial score (nSPS) is 24.0. The van der Waals surface area contributed by atoms with Gasteiger partial charge in [0.1, 0.15) is 0 Å². The smallest absolute Gasteiger partial charge is 0.0652 e. The fourth-order valence-electron chi connectivity index (χ4n) is 3.52. The van der Waals surface area contributed by atoms with Crippen LogP contribution in [0.25, 0.3) is 0 Å². The highest BCUT2D eigenvalue weighted by Crippen LogP contribution is 2.42. The first-order valence-corrected chi connectivity index (χ1v) is 9.39. The molecule has 0 aromatic heterocycles. The largest absolute Gasteiger partial charge is 0.381 e. The summed E-state index contributed by atoms with van der Waals surface area (Å²) in [6.07, 6.45) is 15.8. The van der Waals surface area contributed by atoms with Gasteiger partial charge in [-0.2, -0.15) is 0 Å². The van der Waals surface area contributed by atoms with Crippen molar-refractivity contribution in [3.8, 4) is 0 Å². The van der Waals surface area contributed by atoms with E-state index in [9.17, 15) is 0 Å². The van der Waals surface area contributed by atoms with Crippen LogP contribution in [0, 0.1) is 5.41 Å². The summed E-state index contributed by atoms with van der Waals surface area (Å²) in [4.78, 5) is 0. The van der Waals surface area contributed by atoms with E-state index in [1.54, 1.807) is 0 Å². The molecule has 1 aliphatic carbocycles. The van der Waals surface area contributed by atoms with Crippen molar-refractivity contribution >= 4 is 0 Å². The Morgan fingerprint density at radius 2 is 1.43 bits per heavy atom. The molecule has 0 aromatic rings. The zero-order chi connectivity index (χ0) is 15.6. The van der Waals surface area contributed by atoms with E-state index in [-0.39, 0.29) is 0 Å². The van der Waals surface area contributed by atoms with Crippen LogP contribution in [0.3, 0.4) is 0 Å². The molecule has 2 heteroatoms. The Kier molecular flexibility index (Phi) is 9.59. The third-order valence-electron chi connectivity index (χ3n) is 5.38. The number of rotatable bonds is 13. The highest BCUT2D eigenvalue weighted by Gasteiger charge is 2.47. The van der Waals surface area contributed by atoms with Gasteiger partial charge in [-0.25, -0.2) is 0 Å². The van der Waals surface area contributed by atoms with Gasteiger partial charge in [-0.05, 0) is 19.4 Å². The molecule has 0 heterocycles. The summed E-state index contributed by atoms with van der Waals surface area (Å²) in [5.74, 6) is 0. The quantitative estimate of drug-likeness (QED) is 0.465. The molecule has 1 aliphatic rings. The predicted molar refractivity (Wildman–Crippen MR) is 92.8 cm³/mol. The predicted octanol–water partition coefficient (Wildman–Crippen LogP) is 5.31. The molecule has 0 aromatic carbocycles. The van der Waals surface area contributed by atoms with Crippen molar-refractivity contribution in [1.29, 1.82) is 0 Å². The summed E-state index contributed by atoms with van der Waals surface area (Å²) in [5, 5.41) is 3.72. The van der Waals surface area contributed by atoms with Crippen molar-refractivity contribution in [2.45, 2.75) is 104 Å². The average molecular weight is 298 g/mol. The van der Waals surface area contributed by atoms with Crippen LogP contribution in [0.2, 0.25) is 0 Å². The standard InChI is InChI=1S/C19H39NO/c1-5-6-7-8-9-10-11-12-13-14-15-20-17-16-18(21-4)19(17,2)3/h17-18,20H,5-16H2,1-4H3. The molecule has 0 spiro atoms. The second-order valence-electron chi connectivity index (χ2n) is 7.47. The van der Waals surface area contributed by atoms with Crippen molar-refractivity contribution in [2.75, 3.05) is 13.7 Å². The number of methoxy groups -OCH3 is 1. The summed E-state index contributed by atoms with van der Waals surface area (Å²) in [5.41, 5.74) is 0.313. The molecule has 1 saturated carbocycles. The molecular formula is C19H39NO. The van der Waals surface area contributed by atoms with E-state index in [1.165, 1.54) is 77.2 Å². The Labute approximate surface area is 133 Å². The number of ether oxygens (including phenoxy) is 1. The van der Waals surface area contributed by atoms with E-state index in [0.717, 1.165) is 0 Å². The van der Waals surface area contributed by atoms with Crippen LogP contribution in [0.5, 0.6) is 0 Å². The molecule has 0 bridgehead atoms. The summed E-state index contributed by atoms with van der Waals surface area (Å²) in [7, 11) is 1.84. The van der Waals surface area contributed by atoms with E-state index < -0.39 is 0 Å². The van der Waals surface area contributed by atoms with Gasteiger partial charge in [0.15, 0.2) is 0 Å². The molecule has 21 heavy (non-hydrogen) atoms. The SMILES string of the molecule is CCCCCCCCCCCCNC1CC(OC)C1(C)C. The van der Waals surface area contributed by atoms with Crippen LogP contribution in [-0.2, 0) is 4.74 Å². The van der Waals surface area contributed by atoms with Gasteiger partial charge in [0.2, 0.25) is 0 Å². The minimum atomic E-state index is 0.313. The molecule has 0 aliphatic heterocycles. The Morgan fingerprint density at radius 1 is 0.905 bits per heavy atom. The molecule has 1 fully saturated rings. The zero-order valence-corrected chi connectivity index (χ0v) is 15.0. The average Bonchev–Trinajstić information content (AvgIpc) is 2.47. The van der Waals surface area contributed by atoms with E-state index >= 15 is 0 Å². The van der Waals surface area contributed by atoms with Gasteiger partial charge < -0.3 is 10.1 Å². The summed E-state index contributed by atoms with van der Waals surface area (Å²) in [6, 6.07) is 0.654. The summed E-state index contributed by atoms with van der Waals surface area (Å²) >= 11 is 0. The zero-order valence-electron chi connectivity index (χ0n) is 15.0. The molecule has 2 nitrogen and oxygen atoms in total.